The third kappa shape index (κ3) is 31.7. The molecule has 0 unspecified atom stereocenters. The first kappa shape index (κ1) is 39.9. The van der Waals surface area contributed by atoms with Gasteiger partial charge in [-0.1, -0.05) is 187 Å². The molecule has 2 amide bonds. The van der Waals surface area contributed by atoms with Crippen molar-refractivity contribution in [3.8, 4) is 0 Å². The first-order valence-corrected chi connectivity index (χ1v) is 18.7. The standard InChI is InChI=1S/C37H74N2O2/c1-4-6-8-10-12-14-16-17-18-19-20-21-22-23-24-25-27-29-31-33-36(40)39-35(3)37(41)38-34-32-30-28-26-15-13-11-9-7-5-2/h35H,4-34H2,1-3H3,(H,38,41)(H,39,40)/t35-/m0/s1. The number of hydrogen-bond acceptors (Lipinski definition) is 2. The van der Waals surface area contributed by atoms with Gasteiger partial charge in [0.25, 0.3) is 0 Å². The van der Waals surface area contributed by atoms with Gasteiger partial charge in [-0.3, -0.25) is 9.59 Å². The first-order chi connectivity index (χ1) is 20.1. The summed E-state index contributed by atoms with van der Waals surface area (Å²) >= 11 is 0. The summed E-state index contributed by atoms with van der Waals surface area (Å²) in [6.07, 6.45) is 39.2. The molecule has 2 N–H and O–H groups in total. The molecule has 0 saturated carbocycles. The zero-order valence-corrected chi connectivity index (χ0v) is 28.3. The Hall–Kier alpha value is -1.06. The number of nitrogens with one attached hydrogen (secondary N) is 2. The van der Waals surface area contributed by atoms with Crippen LogP contribution < -0.4 is 10.6 Å². The molecule has 0 aromatic heterocycles. The molecule has 0 radical (unpaired) electrons. The molecule has 0 aromatic rings. The lowest BCUT2D eigenvalue weighted by molar-refractivity contribution is -0.128. The van der Waals surface area contributed by atoms with E-state index in [9.17, 15) is 9.59 Å². The minimum Gasteiger partial charge on any atom is -0.354 e. The molecule has 0 aliphatic carbocycles. The van der Waals surface area contributed by atoms with Gasteiger partial charge in [0.2, 0.25) is 11.8 Å². The van der Waals surface area contributed by atoms with E-state index < -0.39 is 6.04 Å². The summed E-state index contributed by atoms with van der Waals surface area (Å²) < 4.78 is 0. The van der Waals surface area contributed by atoms with E-state index in [1.165, 1.54) is 167 Å². The van der Waals surface area contributed by atoms with Gasteiger partial charge in [0.15, 0.2) is 0 Å². The van der Waals surface area contributed by atoms with Crippen LogP contribution in [0.5, 0.6) is 0 Å². The molecular weight excluding hydrogens is 504 g/mol. The molecule has 4 heteroatoms. The molecule has 0 bridgehead atoms. The van der Waals surface area contributed by atoms with Crippen molar-refractivity contribution in [2.75, 3.05) is 6.54 Å². The Bertz CT molecular complexity index is 551. The number of amides is 2. The van der Waals surface area contributed by atoms with Crippen LogP contribution in [0.1, 0.15) is 213 Å². The molecule has 0 aromatic carbocycles. The van der Waals surface area contributed by atoms with Gasteiger partial charge in [-0.25, -0.2) is 0 Å². The molecule has 1 atom stereocenters. The monoisotopic (exact) mass is 579 g/mol. The van der Waals surface area contributed by atoms with Crippen LogP contribution in [0.2, 0.25) is 0 Å². The van der Waals surface area contributed by atoms with Crippen molar-refractivity contribution in [2.24, 2.45) is 0 Å². The van der Waals surface area contributed by atoms with Crippen molar-refractivity contribution < 1.29 is 9.59 Å². The largest absolute Gasteiger partial charge is 0.354 e. The molecule has 244 valence electrons. The van der Waals surface area contributed by atoms with Crippen LogP contribution in [0, 0.1) is 0 Å². The van der Waals surface area contributed by atoms with E-state index in [4.69, 9.17) is 0 Å². The van der Waals surface area contributed by atoms with Crippen molar-refractivity contribution in [1.29, 1.82) is 0 Å². The van der Waals surface area contributed by atoms with Crippen LogP contribution in [0.15, 0.2) is 0 Å². The average Bonchev–Trinajstić information content (AvgIpc) is 2.96. The Morgan fingerprint density at radius 3 is 1.07 bits per heavy atom. The second-order valence-electron chi connectivity index (χ2n) is 12.9. The smallest absolute Gasteiger partial charge is 0.242 e. The van der Waals surface area contributed by atoms with E-state index in [2.05, 4.69) is 24.5 Å². The number of carbonyl (C=O) groups is 2. The van der Waals surface area contributed by atoms with Crippen LogP contribution in [0.25, 0.3) is 0 Å². The Balaban J connectivity index is 3.37. The van der Waals surface area contributed by atoms with Crippen LogP contribution in [-0.4, -0.2) is 24.4 Å². The van der Waals surface area contributed by atoms with Crippen LogP contribution in [0.3, 0.4) is 0 Å². The fourth-order valence-corrected chi connectivity index (χ4v) is 5.72. The van der Waals surface area contributed by atoms with Crippen LogP contribution >= 0.6 is 0 Å². The molecule has 0 rings (SSSR count). The number of rotatable bonds is 33. The van der Waals surface area contributed by atoms with Crippen molar-refractivity contribution >= 4 is 11.8 Å². The maximum atomic E-state index is 12.3. The molecule has 0 fully saturated rings. The van der Waals surface area contributed by atoms with Gasteiger partial charge in [0.05, 0.1) is 0 Å². The summed E-state index contributed by atoms with van der Waals surface area (Å²) in [5, 5.41) is 5.87. The van der Waals surface area contributed by atoms with Crippen LogP contribution in [-0.2, 0) is 9.59 Å². The molecular formula is C37H74N2O2. The minimum atomic E-state index is -0.439. The highest BCUT2D eigenvalue weighted by Gasteiger charge is 2.14. The fraction of sp³-hybridized carbons (Fsp3) is 0.946. The summed E-state index contributed by atoms with van der Waals surface area (Å²) in [5.74, 6) is -0.0407. The second-order valence-corrected chi connectivity index (χ2v) is 12.9. The third-order valence-electron chi connectivity index (χ3n) is 8.61. The van der Waals surface area contributed by atoms with Crippen molar-refractivity contribution in [2.45, 2.75) is 219 Å². The zero-order chi connectivity index (χ0) is 30.1. The van der Waals surface area contributed by atoms with Gasteiger partial charge in [0, 0.05) is 13.0 Å². The Morgan fingerprint density at radius 2 is 0.732 bits per heavy atom. The van der Waals surface area contributed by atoms with E-state index in [0.29, 0.717) is 6.42 Å². The normalized spacial score (nSPS) is 12.0. The number of unbranched alkanes of at least 4 members (excludes halogenated alkanes) is 27. The molecule has 0 saturated heterocycles. The second kappa shape index (κ2) is 33.4. The molecule has 0 aliphatic heterocycles. The topological polar surface area (TPSA) is 58.2 Å². The van der Waals surface area contributed by atoms with E-state index in [-0.39, 0.29) is 11.8 Å². The predicted octanol–water partition coefficient (Wildman–Crippen LogP) is 11.4. The highest BCUT2D eigenvalue weighted by Crippen LogP contribution is 2.15. The van der Waals surface area contributed by atoms with Crippen molar-refractivity contribution in [3.63, 3.8) is 0 Å². The summed E-state index contributed by atoms with van der Waals surface area (Å²) in [7, 11) is 0. The van der Waals surface area contributed by atoms with E-state index in [1.807, 2.05) is 0 Å². The van der Waals surface area contributed by atoms with Crippen molar-refractivity contribution in [3.05, 3.63) is 0 Å². The van der Waals surface area contributed by atoms with Crippen LogP contribution in [0.4, 0.5) is 0 Å². The summed E-state index contributed by atoms with van der Waals surface area (Å²) in [6.45, 7) is 7.06. The molecule has 0 spiro atoms. The van der Waals surface area contributed by atoms with Gasteiger partial charge in [-0.05, 0) is 19.8 Å². The van der Waals surface area contributed by atoms with Gasteiger partial charge in [-0.15, -0.1) is 0 Å². The van der Waals surface area contributed by atoms with Gasteiger partial charge in [-0.2, -0.15) is 0 Å². The lowest BCUT2D eigenvalue weighted by Crippen LogP contribution is -2.45. The Morgan fingerprint density at radius 1 is 0.439 bits per heavy atom. The fourth-order valence-electron chi connectivity index (χ4n) is 5.72. The quantitative estimate of drug-likeness (QED) is 0.0761. The van der Waals surface area contributed by atoms with E-state index >= 15 is 0 Å². The summed E-state index contributed by atoms with van der Waals surface area (Å²) in [6, 6.07) is -0.439. The summed E-state index contributed by atoms with van der Waals surface area (Å²) in [5.41, 5.74) is 0. The maximum Gasteiger partial charge on any atom is 0.242 e. The highest BCUT2D eigenvalue weighted by atomic mass is 16.2. The Kier molecular flexibility index (Phi) is 32.6. The summed E-state index contributed by atoms with van der Waals surface area (Å²) in [4.78, 5) is 24.5. The SMILES string of the molecule is CCCCCCCCCCCCCCCCCCCCCC(=O)N[C@@H](C)C(=O)NCCCCCCCCCCCC. The lowest BCUT2D eigenvalue weighted by atomic mass is 10.0. The van der Waals surface area contributed by atoms with Crippen molar-refractivity contribution in [1.82, 2.24) is 10.6 Å². The highest BCUT2D eigenvalue weighted by molar-refractivity contribution is 5.87. The molecule has 0 aliphatic rings. The predicted molar refractivity (Wildman–Crippen MR) is 180 cm³/mol. The molecule has 0 heterocycles. The number of carbonyl (C=O) groups excluding carboxylic acids is 2. The molecule has 41 heavy (non-hydrogen) atoms. The van der Waals surface area contributed by atoms with E-state index in [0.717, 1.165) is 25.8 Å². The zero-order valence-electron chi connectivity index (χ0n) is 28.3. The third-order valence-corrected chi connectivity index (χ3v) is 8.61. The average molecular weight is 579 g/mol. The molecule has 4 nitrogen and oxygen atoms in total. The van der Waals surface area contributed by atoms with Gasteiger partial charge in [0.1, 0.15) is 6.04 Å². The van der Waals surface area contributed by atoms with Gasteiger partial charge >= 0.3 is 0 Å². The lowest BCUT2D eigenvalue weighted by Gasteiger charge is -2.14. The first-order valence-electron chi connectivity index (χ1n) is 18.7. The Labute approximate surface area is 257 Å². The number of hydrogen-bond donors (Lipinski definition) is 2. The van der Waals surface area contributed by atoms with E-state index in [1.54, 1.807) is 6.92 Å². The van der Waals surface area contributed by atoms with Gasteiger partial charge < -0.3 is 10.6 Å². The minimum absolute atomic E-state index is 0.0126. The maximum absolute atomic E-state index is 12.3.